The van der Waals surface area contributed by atoms with Gasteiger partial charge in [0.15, 0.2) is 0 Å². The summed E-state index contributed by atoms with van der Waals surface area (Å²) < 4.78 is 0. The molecular formula is C15H24O4. The van der Waals surface area contributed by atoms with E-state index in [0.717, 1.165) is 0 Å². The van der Waals surface area contributed by atoms with Gasteiger partial charge in [-0.25, -0.2) is 0 Å². The summed E-state index contributed by atoms with van der Waals surface area (Å²) in [5.41, 5.74) is -0.705. The van der Waals surface area contributed by atoms with E-state index >= 15 is 0 Å². The van der Waals surface area contributed by atoms with Gasteiger partial charge in [-0.2, -0.15) is 0 Å². The van der Waals surface area contributed by atoms with Crippen LogP contribution in [0.15, 0.2) is 30.3 Å². The maximum Gasteiger partial charge on any atom is 0.105 e. The number of benzene rings is 1. The Morgan fingerprint density at radius 1 is 1.05 bits per heavy atom. The van der Waals surface area contributed by atoms with Gasteiger partial charge in [-0.1, -0.05) is 44.2 Å². The first-order valence-electron chi connectivity index (χ1n) is 6.58. The van der Waals surface area contributed by atoms with Crippen molar-refractivity contribution in [3.8, 4) is 0 Å². The van der Waals surface area contributed by atoms with Crippen LogP contribution in [0.25, 0.3) is 0 Å². The van der Waals surface area contributed by atoms with E-state index in [4.69, 9.17) is 0 Å². The third-order valence-corrected chi connectivity index (χ3v) is 3.81. The number of rotatable bonds is 6. The molecule has 0 amide bonds. The van der Waals surface area contributed by atoms with Gasteiger partial charge in [0.2, 0.25) is 0 Å². The van der Waals surface area contributed by atoms with Gasteiger partial charge in [0.05, 0.1) is 17.8 Å². The molecule has 0 aliphatic carbocycles. The van der Waals surface area contributed by atoms with E-state index in [9.17, 15) is 20.4 Å². The molecule has 4 heteroatoms. The first-order valence-corrected chi connectivity index (χ1v) is 6.58. The zero-order valence-electron chi connectivity index (χ0n) is 11.7. The summed E-state index contributed by atoms with van der Waals surface area (Å²) in [6, 6.07) is 8.78. The van der Waals surface area contributed by atoms with E-state index in [2.05, 4.69) is 0 Å². The molecule has 1 aromatic rings. The first-order chi connectivity index (χ1) is 8.76. The monoisotopic (exact) mass is 268 g/mol. The maximum atomic E-state index is 10.1. The van der Waals surface area contributed by atoms with Crippen molar-refractivity contribution in [3.63, 3.8) is 0 Å². The molecule has 0 aromatic heterocycles. The van der Waals surface area contributed by atoms with E-state index in [1.54, 1.807) is 38.1 Å². The third kappa shape index (κ3) is 4.01. The Morgan fingerprint density at radius 3 is 2.05 bits per heavy atom. The number of hydrogen-bond acceptors (Lipinski definition) is 4. The molecule has 0 saturated carbocycles. The molecule has 0 spiro atoms. The molecule has 4 nitrogen and oxygen atoms in total. The van der Waals surface area contributed by atoms with Gasteiger partial charge < -0.3 is 20.4 Å². The molecule has 4 unspecified atom stereocenters. The Hall–Kier alpha value is -0.940. The summed E-state index contributed by atoms with van der Waals surface area (Å²) in [6.07, 6.45) is -3.37. The third-order valence-electron chi connectivity index (χ3n) is 3.81. The van der Waals surface area contributed by atoms with E-state index in [1.807, 2.05) is 6.07 Å². The van der Waals surface area contributed by atoms with Gasteiger partial charge in [0, 0.05) is 6.42 Å². The molecule has 4 atom stereocenters. The highest BCUT2D eigenvalue weighted by molar-refractivity contribution is 5.18. The van der Waals surface area contributed by atoms with E-state index < -0.39 is 23.9 Å². The maximum absolute atomic E-state index is 10.1. The van der Waals surface area contributed by atoms with Crippen LogP contribution in [0, 0.1) is 5.92 Å². The molecule has 19 heavy (non-hydrogen) atoms. The summed E-state index contributed by atoms with van der Waals surface area (Å²) in [4.78, 5) is 0. The highest BCUT2D eigenvalue weighted by Gasteiger charge is 2.36. The quantitative estimate of drug-likeness (QED) is 0.626. The standard InChI is InChI=1S/C15H24O4/c1-10(2)15(3,19)13(17)9-12(16)14(18)11-7-5-4-6-8-11/h4-8,10,12-14,16-19H,9H2,1-3H3. The fraction of sp³-hybridized carbons (Fsp3) is 0.600. The Labute approximate surface area is 114 Å². The van der Waals surface area contributed by atoms with Crippen LogP contribution >= 0.6 is 0 Å². The van der Waals surface area contributed by atoms with Crippen LogP contribution in [-0.4, -0.2) is 38.2 Å². The lowest BCUT2D eigenvalue weighted by Gasteiger charge is -2.34. The van der Waals surface area contributed by atoms with E-state index in [0.29, 0.717) is 5.56 Å². The van der Waals surface area contributed by atoms with Gasteiger partial charge in [-0.05, 0) is 18.4 Å². The molecule has 4 N–H and O–H groups in total. The topological polar surface area (TPSA) is 80.9 Å². The summed E-state index contributed by atoms with van der Waals surface area (Å²) in [7, 11) is 0. The van der Waals surface area contributed by atoms with Gasteiger partial charge in [-0.3, -0.25) is 0 Å². The number of hydrogen-bond donors (Lipinski definition) is 4. The first kappa shape index (κ1) is 16.1. The molecule has 0 radical (unpaired) electrons. The lowest BCUT2D eigenvalue weighted by molar-refractivity contribution is -0.117. The minimum absolute atomic E-state index is 0.0821. The highest BCUT2D eigenvalue weighted by atomic mass is 16.3. The smallest absolute Gasteiger partial charge is 0.105 e. The summed E-state index contributed by atoms with van der Waals surface area (Å²) in [5, 5.41) is 40.1. The lowest BCUT2D eigenvalue weighted by atomic mass is 9.83. The molecule has 108 valence electrons. The van der Waals surface area contributed by atoms with Gasteiger partial charge in [0.25, 0.3) is 0 Å². The minimum atomic E-state index is -1.29. The SMILES string of the molecule is CC(C)C(C)(O)C(O)CC(O)C(O)c1ccccc1. The molecule has 0 aliphatic heterocycles. The fourth-order valence-electron chi connectivity index (χ4n) is 1.85. The molecule has 0 aliphatic rings. The largest absolute Gasteiger partial charge is 0.390 e. The van der Waals surface area contributed by atoms with Crippen molar-refractivity contribution in [2.45, 2.75) is 51.1 Å². The van der Waals surface area contributed by atoms with Crippen molar-refractivity contribution in [1.82, 2.24) is 0 Å². The van der Waals surface area contributed by atoms with Crippen LogP contribution in [0.3, 0.4) is 0 Å². The Morgan fingerprint density at radius 2 is 1.58 bits per heavy atom. The van der Waals surface area contributed by atoms with Crippen LogP contribution in [0.4, 0.5) is 0 Å². The summed E-state index contributed by atoms with van der Waals surface area (Å²) >= 11 is 0. The lowest BCUT2D eigenvalue weighted by Crippen LogP contribution is -2.46. The molecule has 1 rings (SSSR count). The molecule has 0 saturated heterocycles. The zero-order chi connectivity index (χ0) is 14.6. The number of aliphatic hydroxyl groups excluding tert-OH is 3. The van der Waals surface area contributed by atoms with E-state index in [1.165, 1.54) is 6.92 Å². The van der Waals surface area contributed by atoms with Gasteiger partial charge >= 0.3 is 0 Å². The Balaban J connectivity index is 2.67. The Kier molecular flexibility index (Phi) is 5.50. The average Bonchev–Trinajstić information content (AvgIpc) is 2.38. The predicted molar refractivity (Wildman–Crippen MR) is 73.5 cm³/mol. The van der Waals surface area contributed by atoms with Crippen LogP contribution in [0.2, 0.25) is 0 Å². The second-order valence-electron chi connectivity index (χ2n) is 5.55. The van der Waals surface area contributed by atoms with Crippen LogP contribution in [0.1, 0.15) is 38.9 Å². The van der Waals surface area contributed by atoms with Crippen molar-refractivity contribution in [2.75, 3.05) is 0 Å². The minimum Gasteiger partial charge on any atom is -0.390 e. The normalized spacial score (nSPS) is 19.8. The van der Waals surface area contributed by atoms with E-state index in [-0.39, 0.29) is 12.3 Å². The van der Waals surface area contributed by atoms with Gasteiger partial charge in [-0.15, -0.1) is 0 Å². The molecule has 0 bridgehead atoms. The summed E-state index contributed by atoms with van der Waals surface area (Å²) in [6.45, 7) is 5.12. The summed E-state index contributed by atoms with van der Waals surface area (Å²) in [5.74, 6) is -0.149. The van der Waals surface area contributed by atoms with Crippen molar-refractivity contribution < 1.29 is 20.4 Å². The highest BCUT2D eigenvalue weighted by Crippen LogP contribution is 2.27. The number of aliphatic hydroxyl groups is 4. The van der Waals surface area contributed by atoms with Gasteiger partial charge in [0.1, 0.15) is 6.10 Å². The van der Waals surface area contributed by atoms with Crippen LogP contribution in [-0.2, 0) is 0 Å². The van der Waals surface area contributed by atoms with Crippen LogP contribution in [0.5, 0.6) is 0 Å². The van der Waals surface area contributed by atoms with Crippen molar-refractivity contribution >= 4 is 0 Å². The predicted octanol–water partition coefficient (Wildman–Crippen LogP) is 1.24. The molecule has 0 fully saturated rings. The Bertz CT molecular complexity index is 375. The average molecular weight is 268 g/mol. The van der Waals surface area contributed by atoms with Crippen LogP contribution < -0.4 is 0 Å². The second-order valence-corrected chi connectivity index (χ2v) is 5.55. The molecular weight excluding hydrogens is 244 g/mol. The van der Waals surface area contributed by atoms with Crippen molar-refractivity contribution in [2.24, 2.45) is 5.92 Å². The zero-order valence-corrected chi connectivity index (χ0v) is 11.7. The van der Waals surface area contributed by atoms with Crippen molar-refractivity contribution in [1.29, 1.82) is 0 Å². The fourth-order valence-corrected chi connectivity index (χ4v) is 1.85. The molecule has 0 heterocycles. The van der Waals surface area contributed by atoms with Crippen molar-refractivity contribution in [3.05, 3.63) is 35.9 Å². The molecule has 1 aromatic carbocycles. The second kappa shape index (κ2) is 6.48.